The minimum absolute atomic E-state index is 0.115. The summed E-state index contributed by atoms with van der Waals surface area (Å²) in [6.45, 7) is 8.42. The van der Waals surface area contributed by atoms with Crippen LogP contribution in [-0.2, 0) is 19.0 Å². The van der Waals surface area contributed by atoms with Crippen molar-refractivity contribution in [2.45, 2.75) is 51.5 Å². The van der Waals surface area contributed by atoms with Gasteiger partial charge in [0.1, 0.15) is 23.7 Å². The molecule has 0 N–H and O–H groups in total. The van der Waals surface area contributed by atoms with Gasteiger partial charge in [0.2, 0.25) is 6.41 Å². The van der Waals surface area contributed by atoms with Gasteiger partial charge in [-0.3, -0.25) is 14.6 Å². The molecule has 35 heavy (non-hydrogen) atoms. The summed E-state index contributed by atoms with van der Waals surface area (Å²) in [4.78, 5) is 43.4. The lowest BCUT2D eigenvalue weighted by Crippen LogP contribution is -2.50. The van der Waals surface area contributed by atoms with Gasteiger partial charge in [0, 0.05) is 19.6 Å². The number of morpholine rings is 1. The second-order valence-corrected chi connectivity index (χ2v) is 9.95. The molecule has 1 unspecified atom stereocenters. The van der Waals surface area contributed by atoms with E-state index in [0.717, 1.165) is 6.42 Å². The highest BCUT2D eigenvalue weighted by atomic mass is 19.1. The third-order valence-corrected chi connectivity index (χ3v) is 6.25. The molecule has 3 saturated heterocycles. The molecule has 3 amide bonds. The third-order valence-electron chi connectivity index (χ3n) is 6.25. The molecule has 0 bridgehead atoms. The maximum atomic E-state index is 14.9. The molecule has 3 aliphatic rings. The number of hydrogen-bond acceptors (Lipinski definition) is 7. The molecule has 0 spiro atoms. The number of ether oxygens (including phenoxy) is 3. The van der Waals surface area contributed by atoms with Gasteiger partial charge in [-0.15, -0.1) is 0 Å². The Balaban J connectivity index is 1.40. The summed E-state index contributed by atoms with van der Waals surface area (Å²) in [5.41, 5.74) is 0.210. The average Bonchev–Trinajstić information content (AvgIpc) is 3.43. The van der Waals surface area contributed by atoms with Crippen molar-refractivity contribution in [2.24, 2.45) is 0 Å². The highest BCUT2D eigenvalue weighted by Gasteiger charge is 2.39. The van der Waals surface area contributed by atoms with Crippen LogP contribution in [0.2, 0.25) is 0 Å². The number of anilines is 2. The first-order valence-electron chi connectivity index (χ1n) is 12.0. The zero-order valence-electron chi connectivity index (χ0n) is 20.4. The van der Waals surface area contributed by atoms with Gasteiger partial charge in [-0.1, -0.05) is 0 Å². The summed E-state index contributed by atoms with van der Waals surface area (Å²) in [7, 11) is 0. The molecule has 0 radical (unpaired) electrons. The average molecular weight is 493 g/mol. The standard InChI is InChI=1S/C24H33FN4O6/c1-24(2,3)35-23(32)28-8-4-5-21(28)27(16-30)14-18-15-29(22(31)34-18)17-6-7-20(19(25)13-17)26-9-11-33-12-10-26/h6-7,13,16,18,21H,4-5,8-12,14-15H2,1-3H3/t18-,21?/m0/s1. The lowest BCUT2D eigenvalue weighted by molar-refractivity contribution is -0.124. The van der Waals surface area contributed by atoms with Crippen LogP contribution in [0.1, 0.15) is 33.6 Å². The smallest absolute Gasteiger partial charge is 0.414 e. The van der Waals surface area contributed by atoms with Gasteiger partial charge in [0.25, 0.3) is 0 Å². The van der Waals surface area contributed by atoms with Gasteiger partial charge in [-0.05, 0) is 51.8 Å². The number of amides is 3. The Morgan fingerprint density at radius 1 is 1.26 bits per heavy atom. The highest BCUT2D eigenvalue weighted by molar-refractivity contribution is 5.90. The summed E-state index contributed by atoms with van der Waals surface area (Å²) < 4.78 is 31.1. The molecule has 0 saturated carbocycles. The monoisotopic (exact) mass is 492 g/mol. The van der Waals surface area contributed by atoms with E-state index in [4.69, 9.17) is 14.2 Å². The lowest BCUT2D eigenvalue weighted by atomic mass is 10.2. The second kappa shape index (κ2) is 10.3. The van der Waals surface area contributed by atoms with Crippen LogP contribution in [-0.4, -0.2) is 92.2 Å². The predicted molar refractivity (Wildman–Crippen MR) is 126 cm³/mol. The molecule has 0 aromatic heterocycles. The first-order valence-corrected chi connectivity index (χ1v) is 12.0. The number of halogens is 1. The third kappa shape index (κ3) is 5.77. The van der Waals surface area contributed by atoms with E-state index >= 15 is 0 Å². The van der Waals surface area contributed by atoms with E-state index < -0.39 is 35.9 Å². The van der Waals surface area contributed by atoms with E-state index in [9.17, 15) is 18.8 Å². The first kappa shape index (κ1) is 25.0. The molecule has 4 rings (SSSR count). The number of nitrogens with zero attached hydrogens (tertiary/aromatic N) is 4. The normalized spacial score (nSPS) is 22.9. The number of cyclic esters (lactones) is 1. The quantitative estimate of drug-likeness (QED) is 0.564. The van der Waals surface area contributed by atoms with Crippen LogP contribution in [0.3, 0.4) is 0 Å². The summed E-state index contributed by atoms with van der Waals surface area (Å²) >= 11 is 0. The maximum Gasteiger partial charge on any atom is 0.414 e. The Morgan fingerprint density at radius 2 is 2.00 bits per heavy atom. The second-order valence-electron chi connectivity index (χ2n) is 9.95. The van der Waals surface area contributed by atoms with Crippen LogP contribution < -0.4 is 9.80 Å². The van der Waals surface area contributed by atoms with Crippen molar-refractivity contribution in [3.8, 4) is 0 Å². The van der Waals surface area contributed by atoms with Gasteiger partial charge in [0.15, 0.2) is 0 Å². The lowest BCUT2D eigenvalue weighted by Gasteiger charge is -2.34. The summed E-state index contributed by atoms with van der Waals surface area (Å²) in [6, 6.07) is 4.68. The van der Waals surface area contributed by atoms with Crippen molar-refractivity contribution in [1.29, 1.82) is 0 Å². The van der Waals surface area contributed by atoms with Crippen molar-refractivity contribution in [3.05, 3.63) is 24.0 Å². The van der Waals surface area contributed by atoms with E-state index in [0.29, 0.717) is 57.1 Å². The van der Waals surface area contributed by atoms with Crippen LogP contribution in [0.5, 0.6) is 0 Å². The topological polar surface area (TPSA) is 91.9 Å². The number of rotatable bonds is 6. The van der Waals surface area contributed by atoms with E-state index in [2.05, 4.69) is 0 Å². The van der Waals surface area contributed by atoms with Gasteiger partial charge in [-0.2, -0.15) is 0 Å². The Bertz CT molecular complexity index is 948. The number of carbonyl (C=O) groups excluding carboxylic acids is 3. The van der Waals surface area contributed by atoms with Gasteiger partial charge in [0.05, 0.1) is 37.7 Å². The van der Waals surface area contributed by atoms with Crippen molar-refractivity contribution < 1.29 is 33.0 Å². The SMILES string of the molecule is CC(C)(C)OC(=O)N1CCCC1N(C=O)C[C@H]1CN(c2ccc(N3CCOCC3)c(F)c2)C(=O)O1. The molecule has 0 aliphatic carbocycles. The van der Waals surface area contributed by atoms with Crippen molar-refractivity contribution in [2.75, 3.05) is 55.7 Å². The zero-order valence-corrected chi connectivity index (χ0v) is 20.4. The number of benzene rings is 1. The van der Waals surface area contributed by atoms with Crippen molar-refractivity contribution in [1.82, 2.24) is 9.80 Å². The van der Waals surface area contributed by atoms with E-state index in [1.54, 1.807) is 32.9 Å². The van der Waals surface area contributed by atoms with Gasteiger partial charge >= 0.3 is 12.2 Å². The van der Waals surface area contributed by atoms with Crippen LogP contribution >= 0.6 is 0 Å². The molecule has 2 atom stereocenters. The van der Waals surface area contributed by atoms with Crippen LogP contribution in [0.4, 0.5) is 25.4 Å². The molecule has 10 nitrogen and oxygen atoms in total. The first-order chi connectivity index (χ1) is 16.7. The summed E-state index contributed by atoms with van der Waals surface area (Å²) in [5.74, 6) is -0.422. The van der Waals surface area contributed by atoms with Crippen molar-refractivity contribution >= 4 is 30.0 Å². The Morgan fingerprint density at radius 3 is 2.66 bits per heavy atom. The van der Waals surface area contributed by atoms with Crippen LogP contribution in [0, 0.1) is 5.82 Å². The number of hydrogen-bond donors (Lipinski definition) is 0. The highest BCUT2D eigenvalue weighted by Crippen LogP contribution is 2.29. The van der Waals surface area contributed by atoms with Gasteiger partial charge < -0.3 is 24.0 Å². The molecule has 3 fully saturated rings. The largest absolute Gasteiger partial charge is 0.444 e. The van der Waals surface area contributed by atoms with Crippen LogP contribution in [0.15, 0.2) is 18.2 Å². The fourth-order valence-corrected chi connectivity index (χ4v) is 4.65. The van der Waals surface area contributed by atoms with E-state index in [-0.39, 0.29) is 13.1 Å². The fraction of sp³-hybridized carbons (Fsp3) is 0.625. The minimum Gasteiger partial charge on any atom is -0.444 e. The molecule has 1 aromatic carbocycles. The maximum absolute atomic E-state index is 14.9. The minimum atomic E-state index is -0.648. The van der Waals surface area contributed by atoms with Crippen molar-refractivity contribution in [3.63, 3.8) is 0 Å². The predicted octanol–water partition coefficient (Wildman–Crippen LogP) is 2.80. The Hall–Kier alpha value is -3.08. The molecular weight excluding hydrogens is 459 g/mol. The molecule has 1 aromatic rings. The zero-order chi connectivity index (χ0) is 25.2. The summed E-state index contributed by atoms with van der Waals surface area (Å²) in [6.07, 6.45) is -0.157. The van der Waals surface area contributed by atoms with E-state index in [1.165, 1.54) is 20.8 Å². The summed E-state index contributed by atoms with van der Waals surface area (Å²) in [5, 5.41) is 0. The Kier molecular flexibility index (Phi) is 7.34. The Labute approximate surface area is 204 Å². The molecular formula is C24H33FN4O6. The molecule has 3 heterocycles. The molecule has 3 aliphatic heterocycles. The molecule has 192 valence electrons. The number of likely N-dealkylation sites (tertiary alicyclic amines) is 1. The molecule has 11 heteroatoms. The number of carbonyl (C=O) groups is 3. The fourth-order valence-electron chi connectivity index (χ4n) is 4.65. The van der Waals surface area contributed by atoms with Gasteiger partial charge in [-0.25, -0.2) is 14.0 Å². The van der Waals surface area contributed by atoms with Crippen LogP contribution in [0.25, 0.3) is 0 Å². The van der Waals surface area contributed by atoms with E-state index in [1.807, 2.05) is 4.90 Å².